The molecule has 5 heteroatoms. The summed E-state index contributed by atoms with van der Waals surface area (Å²) in [5.74, 6) is 0. The Labute approximate surface area is 103 Å². The summed E-state index contributed by atoms with van der Waals surface area (Å²) in [6.45, 7) is 5.69. The van der Waals surface area contributed by atoms with Crippen molar-refractivity contribution in [1.29, 1.82) is 0 Å². The monoisotopic (exact) mass is 241 g/mol. The van der Waals surface area contributed by atoms with Gasteiger partial charge in [-0.2, -0.15) is 5.10 Å². The largest absolute Gasteiger partial charge is 0.389 e. The van der Waals surface area contributed by atoms with Gasteiger partial charge in [0, 0.05) is 51.5 Å². The molecule has 0 spiro atoms. The molecule has 17 heavy (non-hydrogen) atoms. The first kappa shape index (κ1) is 14.2. The van der Waals surface area contributed by atoms with Crippen LogP contribution in [0.2, 0.25) is 0 Å². The third-order valence-corrected chi connectivity index (χ3v) is 3.00. The van der Waals surface area contributed by atoms with Crippen LogP contribution < -0.4 is 5.32 Å². The van der Waals surface area contributed by atoms with Crippen molar-refractivity contribution in [2.45, 2.75) is 32.4 Å². The van der Waals surface area contributed by atoms with Gasteiger partial charge in [-0.05, 0) is 13.8 Å². The minimum atomic E-state index is -0.730. The second kappa shape index (κ2) is 6.14. The lowest BCUT2D eigenvalue weighted by Gasteiger charge is -2.23. The lowest BCUT2D eigenvalue weighted by Crippen LogP contribution is -2.38. The highest BCUT2D eigenvalue weighted by molar-refractivity contribution is 5.15. The van der Waals surface area contributed by atoms with E-state index in [2.05, 4.69) is 10.4 Å². The van der Waals surface area contributed by atoms with E-state index < -0.39 is 5.60 Å². The number of aromatic nitrogens is 2. The van der Waals surface area contributed by atoms with Crippen LogP contribution in [0.15, 0.2) is 6.20 Å². The zero-order valence-electron chi connectivity index (χ0n) is 11.2. The molecule has 0 aromatic carbocycles. The van der Waals surface area contributed by atoms with Crippen molar-refractivity contribution >= 4 is 0 Å². The first-order valence-electron chi connectivity index (χ1n) is 5.86. The van der Waals surface area contributed by atoms with E-state index in [1.807, 2.05) is 31.8 Å². The van der Waals surface area contributed by atoms with E-state index in [1.165, 1.54) is 0 Å². The van der Waals surface area contributed by atoms with Gasteiger partial charge in [0.25, 0.3) is 0 Å². The highest BCUT2D eigenvalue weighted by atomic mass is 16.5. The van der Waals surface area contributed by atoms with Gasteiger partial charge >= 0.3 is 0 Å². The molecule has 0 aliphatic carbocycles. The van der Waals surface area contributed by atoms with Crippen LogP contribution in [-0.2, 0) is 18.3 Å². The number of aliphatic hydroxyl groups is 1. The molecule has 0 bridgehead atoms. The first-order chi connectivity index (χ1) is 7.96. The summed E-state index contributed by atoms with van der Waals surface area (Å²) < 4.78 is 6.81. The molecular formula is C12H23N3O2. The Morgan fingerprint density at radius 2 is 2.29 bits per heavy atom. The molecule has 0 saturated heterocycles. The maximum atomic E-state index is 10.0. The summed E-state index contributed by atoms with van der Waals surface area (Å²) in [4.78, 5) is 0. The Balaban J connectivity index is 2.34. The van der Waals surface area contributed by atoms with Gasteiger partial charge in [0.1, 0.15) is 0 Å². The van der Waals surface area contributed by atoms with Crippen LogP contribution in [0.4, 0.5) is 0 Å². The Morgan fingerprint density at radius 3 is 2.82 bits per heavy atom. The Morgan fingerprint density at radius 1 is 1.59 bits per heavy atom. The van der Waals surface area contributed by atoms with Crippen molar-refractivity contribution < 1.29 is 9.84 Å². The molecule has 0 saturated carbocycles. The van der Waals surface area contributed by atoms with Gasteiger partial charge in [-0.15, -0.1) is 0 Å². The molecule has 0 amide bonds. The van der Waals surface area contributed by atoms with Gasteiger partial charge in [0.15, 0.2) is 0 Å². The fourth-order valence-electron chi connectivity index (χ4n) is 1.59. The Hall–Kier alpha value is -0.910. The number of nitrogens with one attached hydrogen (secondary N) is 1. The maximum absolute atomic E-state index is 10.0. The zero-order chi connectivity index (χ0) is 12.9. The fraction of sp³-hybridized carbons (Fsp3) is 0.750. The molecule has 1 rings (SSSR count). The summed E-state index contributed by atoms with van der Waals surface area (Å²) in [7, 11) is 3.57. The SMILES string of the molecule is COCCC(C)(O)CNCc1cnn(C)c1C. The topological polar surface area (TPSA) is 59.3 Å². The average molecular weight is 241 g/mol. The van der Waals surface area contributed by atoms with Crippen LogP contribution in [0.25, 0.3) is 0 Å². The first-order valence-corrected chi connectivity index (χ1v) is 5.86. The zero-order valence-corrected chi connectivity index (χ0v) is 11.2. The number of rotatable bonds is 7. The lowest BCUT2D eigenvalue weighted by molar-refractivity contribution is 0.0247. The average Bonchev–Trinajstić information content (AvgIpc) is 2.58. The van der Waals surface area contributed by atoms with E-state index in [-0.39, 0.29) is 0 Å². The molecular weight excluding hydrogens is 218 g/mol. The van der Waals surface area contributed by atoms with E-state index in [4.69, 9.17) is 4.74 Å². The maximum Gasteiger partial charge on any atom is 0.0765 e. The molecule has 98 valence electrons. The second-order valence-electron chi connectivity index (χ2n) is 4.72. The number of methoxy groups -OCH3 is 1. The van der Waals surface area contributed by atoms with Gasteiger partial charge in [0.2, 0.25) is 0 Å². The van der Waals surface area contributed by atoms with Gasteiger partial charge in [-0.3, -0.25) is 4.68 Å². The van der Waals surface area contributed by atoms with Crippen molar-refractivity contribution in [1.82, 2.24) is 15.1 Å². The van der Waals surface area contributed by atoms with E-state index in [0.717, 1.165) is 17.8 Å². The molecule has 2 N–H and O–H groups in total. The highest BCUT2D eigenvalue weighted by Crippen LogP contribution is 2.09. The second-order valence-corrected chi connectivity index (χ2v) is 4.72. The molecule has 0 aliphatic rings. The van der Waals surface area contributed by atoms with Crippen molar-refractivity contribution in [3.8, 4) is 0 Å². The van der Waals surface area contributed by atoms with Crippen LogP contribution in [0.5, 0.6) is 0 Å². The van der Waals surface area contributed by atoms with Gasteiger partial charge in [-0.25, -0.2) is 0 Å². The molecule has 1 heterocycles. The number of nitrogens with zero attached hydrogens (tertiary/aromatic N) is 2. The van der Waals surface area contributed by atoms with Crippen LogP contribution >= 0.6 is 0 Å². The van der Waals surface area contributed by atoms with E-state index in [0.29, 0.717) is 19.6 Å². The van der Waals surface area contributed by atoms with Gasteiger partial charge in [0.05, 0.1) is 11.8 Å². The van der Waals surface area contributed by atoms with Crippen LogP contribution in [0, 0.1) is 6.92 Å². The summed E-state index contributed by atoms with van der Waals surface area (Å²) in [6.07, 6.45) is 2.48. The number of ether oxygens (including phenoxy) is 1. The predicted molar refractivity (Wildman–Crippen MR) is 66.8 cm³/mol. The third-order valence-electron chi connectivity index (χ3n) is 3.00. The molecule has 1 aromatic rings. The van der Waals surface area contributed by atoms with Crippen LogP contribution in [0.3, 0.4) is 0 Å². The number of aryl methyl sites for hydroxylation is 1. The molecule has 0 aliphatic heterocycles. The minimum absolute atomic E-state index is 0.546. The van der Waals surface area contributed by atoms with Crippen molar-refractivity contribution in [3.05, 3.63) is 17.5 Å². The fourth-order valence-corrected chi connectivity index (χ4v) is 1.59. The molecule has 0 radical (unpaired) electrons. The summed E-state index contributed by atoms with van der Waals surface area (Å²) in [5, 5.41) is 17.5. The van der Waals surface area contributed by atoms with E-state index in [9.17, 15) is 5.11 Å². The number of hydrogen-bond acceptors (Lipinski definition) is 4. The molecule has 1 unspecified atom stereocenters. The van der Waals surface area contributed by atoms with Gasteiger partial charge in [-0.1, -0.05) is 0 Å². The number of hydrogen-bond donors (Lipinski definition) is 2. The highest BCUT2D eigenvalue weighted by Gasteiger charge is 2.19. The molecule has 5 nitrogen and oxygen atoms in total. The normalized spacial score (nSPS) is 14.9. The van der Waals surface area contributed by atoms with Crippen molar-refractivity contribution in [3.63, 3.8) is 0 Å². The van der Waals surface area contributed by atoms with Crippen LogP contribution in [0.1, 0.15) is 24.6 Å². The van der Waals surface area contributed by atoms with Gasteiger partial charge < -0.3 is 15.2 Å². The molecule has 1 aromatic heterocycles. The summed E-state index contributed by atoms with van der Waals surface area (Å²) in [6, 6.07) is 0. The summed E-state index contributed by atoms with van der Waals surface area (Å²) in [5.41, 5.74) is 1.58. The predicted octanol–water partition coefficient (Wildman–Crippen LogP) is 0.606. The standard InChI is InChI=1S/C12H23N3O2/c1-10-11(8-14-15(10)3)7-13-9-12(2,16)5-6-17-4/h8,13,16H,5-7,9H2,1-4H3. The minimum Gasteiger partial charge on any atom is -0.389 e. The Bertz CT molecular complexity index is 348. The smallest absolute Gasteiger partial charge is 0.0765 e. The molecule has 0 fully saturated rings. The summed E-state index contributed by atoms with van der Waals surface area (Å²) >= 11 is 0. The van der Waals surface area contributed by atoms with E-state index >= 15 is 0 Å². The Kier molecular flexibility index (Phi) is 5.11. The van der Waals surface area contributed by atoms with Crippen molar-refractivity contribution in [2.24, 2.45) is 7.05 Å². The molecule has 1 atom stereocenters. The third kappa shape index (κ3) is 4.46. The quantitative estimate of drug-likeness (QED) is 0.734. The van der Waals surface area contributed by atoms with Crippen molar-refractivity contribution in [2.75, 3.05) is 20.3 Å². The lowest BCUT2D eigenvalue weighted by atomic mass is 10.0. The van der Waals surface area contributed by atoms with E-state index in [1.54, 1.807) is 7.11 Å². The van der Waals surface area contributed by atoms with Crippen LogP contribution in [-0.4, -0.2) is 40.7 Å².